The molecule has 0 radical (unpaired) electrons. The van der Waals surface area contributed by atoms with E-state index >= 15 is 0 Å². The fourth-order valence-electron chi connectivity index (χ4n) is 1.42. The molecule has 0 aliphatic rings. The van der Waals surface area contributed by atoms with Crippen molar-refractivity contribution in [3.05, 3.63) is 30.3 Å². The van der Waals surface area contributed by atoms with Gasteiger partial charge in [0.2, 0.25) is 0 Å². The van der Waals surface area contributed by atoms with Gasteiger partial charge in [0, 0.05) is 11.3 Å². The molecule has 1 aromatic carbocycles. The number of nitrogens with two attached hydrogens (primary N) is 1. The molecule has 1 aromatic rings. The first-order valence-corrected chi connectivity index (χ1v) is 6.35. The second-order valence-electron chi connectivity index (χ2n) is 4.43. The van der Waals surface area contributed by atoms with Gasteiger partial charge in [0.05, 0.1) is 6.61 Å². The maximum absolute atomic E-state index is 5.99. The Bertz CT molecular complexity index is 293. The van der Waals surface area contributed by atoms with Crippen molar-refractivity contribution in [1.82, 2.24) is 0 Å². The Balaban J connectivity index is 0.00000256. The van der Waals surface area contributed by atoms with Crippen molar-refractivity contribution in [2.45, 2.75) is 31.7 Å². The lowest BCUT2D eigenvalue weighted by atomic mass is 9.99. The molecule has 0 aliphatic heterocycles. The average molecular weight is 276 g/mol. The first-order valence-electron chi connectivity index (χ1n) is 5.72. The third kappa shape index (κ3) is 7.53. The topological polar surface area (TPSA) is 35.2 Å². The van der Waals surface area contributed by atoms with Crippen LogP contribution in [0.3, 0.4) is 0 Å². The summed E-state index contributed by atoms with van der Waals surface area (Å²) in [6.45, 7) is 2.80. The summed E-state index contributed by atoms with van der Waals surface area (Å²) in [6.07, 6.45) is 3.12. The van der Waals surface area contributed by atoms with Crippen LogP contribution in [0.25, 0.3) is 0 Å². The minimum atomic E-state index is -0.143. The predicted octanol–water partition coefficient (Wildman–Crippen LogP) is 3.30. The van der Waals surface area contributed by atoms with Gasteiger partial charge >= 0.3 is 0 Å². The Morgan fingerprint density at radius 3 is 2.47 bits per heavy atom. The van der Waals surface area contributed by atoms with Gasteiger partial charge in [-0.15, -0.1) is 12.4 Å². The Labute approximate surface area is 116 Å². The number of halogens is 1. The van der Waals surface area contributed by atoms with Crippen molar-refractivity contribution in [3.8, 4) is 5.75 Å². The van der Waals surface area contributed by atoms with Crippen molar-refractivity contribution < 1.29 is 4.74 Å². The smallest absolute Gasteiger partial charge is 0.119 e. The van der Waals surface area contributed by atoms with Gasteiger partial charge in [-0.1, -0.05) is 18.2 Å². The highest BCUT2D eigenvalue weighted by Gasteiger charge is 2.14. The molecular formula is C13H22ClNOS. The summed E-state index contributed by atoms with van der Waals surface area (Å²) >= 11 is 4.23. The maximum atomic E-state index is 5.99. The summed E-state index contributed by atoms with van der Waals surface area (Å²) in [5, 5.41) is 0. The van der Waals surface area contributed by atoms with E-state index in [1.165, 1.54) is 0 Å². The van der Waals surface area contributed by atoms with Crippen molar-refractivity contribution >= 4 is 25.0 Å². The minimum absolute atomic E-state index is 0. The Kier molecular flexibility index (Phi) is 8.48. The molecule has 0 amide bonds. The Morgan fingerprint density at radius 1 is 1.24 bits per heavy atom. The number of thiol groups is 1. The molecule has 0 heterocycles. The zero-order chi connectivity index (χ0) is 11.9. The van der Waals surface area contributed by atoms with E-state index in [4.69, 9.17) is 10.5 Å². The lowest BCUT2D eigenvalue weighted by Gasteiger charge is -2.21. The quantitative estimate of drug-likeness (QED) is 0.592. The molecule has 1 atom stereocenters. The van der Waals surface area contributed by atoms with Crippen LogP contribution in [0.5, 0.6) is 5.75 Å². The molecule has 4 heteroatoms. The Hall–Kier alpha value is -0.380. The van der Waals surface area contributed by atoms with Crippen LogP contribution in [0, 0.1) is 0 Å². The van der Waals surface area contributed by atoms with E-state index < -0.39 is 0 Å². The molecule has 98 valence electrons. The normalized spacial score (nSPS) is 13.6. The lowest BCUT2D eigenvalue weighted by Crippen LogP contribution is -2.38. The summed E-state index contributed by atoms with van der Waals surface area (Å²) in [6, 6.07) is 9.89. The molecule has 0 saturated carbocycles. The highest BCUT2D eigenvalue weighted by atomic mass is 35.5. The van der Waals surface area contributed by atoms with Crippen LogP contribution in [0.4, 0.5) is 0 Å². The monoisotopic (exact) mass is 275 g/mol. The number of hydrogen-bond donors (Lipinski definition) is 2. The summed E-state index contributed by atoms with van der Waals surface area (Å²) < 4.78 is 5.59. The van der Waals surface area contributed by atoms with Crippen LogP contribution in [0.2, 0.25) is 0 Å². The van der Waals surface area contributed by atoms with Crippen LogP contribution >= 0.6 is 25.0 Å². The molecule has 2 N–H and O–H groups in total. The molecule has 0 saturated heterocycles. The van der Waals surface area contributed by atoms with E-state index in [0.29, 0.717) is 0 Å². The van der Waals surface area contributed by atoms with E-state index in [-0.39, 0.29) is 17.9 Å². The van der Waals surface area contributed by atoms with Crippen molar-refractivity contribution in [2.75, 3.05) is 12.4 Å². The molecule has 17 heavy (non-hydrogen) atoms. The Morgan fingerprint density at radius 2 is 1.88 bits per heavy atom. The minimum Gasteiger partial charge on any atom is -0.494 e. The van der Waals surface area contributed by atoms with Gasteiger partial charge in [-0.05, 0) is 38.3 Å². The van der Waals surface area contributed by atoms with Gasteiger partial charge < -0.3 is 10.5 Å². The van der Waals surface area contributed by atoms with Gasteiger partial charge in [0.25, 0.3) is 0 Å². The summed E-state index contributed by atoms with van der Waals surface area (Å²) in [7, 11) is 0. The van der Waals surface area contributed by atoms with Crippen LogP contribution in [0.15, 0.2) is 30.3 Å². The van der Waals surface area contributed by atoms with Crippen molar-refractivity contribution in [1.29, 1.82) is 0 Å². The number of para-hydroxylation sites is 1. The van der Waals surface area contributed by atoms with Crippen LogP contribution in [0.1, 0.15) is 26.2 Å². The largest absolute Gasteiger partial charge is 0.494 e. The molecule has 0 fully saturated rings. The highest BCUT2D eigenvalue weighted by molar-refractivity contribution is 7.80. The number of ether oxygens (including phenoxy) is 1. The zero-order valence-electron chi connectivity index (χ0n) is 10.3. The summed E-state index contributed by atoms with van der Waals surface area (Å²) in [5.41, 5.74) is 5.85. The first-order chi connectivity index (χ1) is 7.64. The van der Waals surface area contributed by atoms with E-state index in [1.54, 1.807) is 0 Å². The van der Waals surface area contributed by atoms with Gasteiger partial charge in [-0.2, -0.15) is 12.6 Å². The van der Waals surface area contributed by atoms with Gasteiger partial charge in [0.1, 0.15) is 5.75 Å². The van der Waals surface area contributed by atoms with E-state index in [1.807, 2.05) is 37.3 Å². The molecule has 0 unspecified atom stereocenters. The molecule has 1 rings (SSSR count). The fraction of sp³-hybridized carbons (Fsp3) is 0.538. The number of hydrogen-bond acceptors (Lipinski definition) is 3. The van der Waals surface area contributed by atoms with E-state index in [0.717, 1.165) is 37.4 Å². The second kappa shape index (κ2) is 8.67. The average Bonchev–Trinajstić information content (AvgIpc) is 2.30. The standard InChI is InChI=1S/C13H21NOS.ClH/c1-13(14,11-16)9-5-6-10-15-12-7-3-2-4-8-12;/h2-4,7-8,16H,5-6,9-11,14H2,1H3;1H/t13-;/m1./s1. The van der Waals surface area contributed by atoms with E-state index in [9.17, 15) is 0 Å². The molecule has 0 bridgehead atoms. The SMILES string of the molecule is C[C@](N)(CS)CCCCOc1ccccc1.Cl. The zero-order valence-corrected chi connectivity index (χ0v) is 12.0. The summed E-state index contributed by atoms with van der Waals surface area (Å²) in [5.74, 6) is 1.67. The number of benzene rings is 1. The second-order valence-corrected chi connectivity index (χ2v) is 4.75. The fourth-order valence-corrected chi connectivity index (χ4v) is 1.57. The molecule has 2 nitrogen and oxygen atoms in total. The maximum Gasteiger partial charge on any atom is 0.119 e. The highest BCUT2D eigenvalue weighted by Crippen LogP contribution is 2.13. The molecular weight excluding hydrogens is 254 g/mol. The number of unbranched alkanes of at least 4 members (excludes halogenated alkanes) is 1. The number of rotatable bonds is 7. The van der Waals surface area contributed by atoms with Crippen molar-refractivity contribution in [3.63, 3.8) is 0 Å². The molecule has 0 spiro atoms. The first kappa shape index (κ1) is 16.6. The van der Waals surface area contributed by atoms with E-state index in [2.05, 4.69) is 12.6 Å². The molecule has 0 aromatic heterocycles. The van der Waals surface area contributed by atoms with Crippen LogP contribution < -0.4 is 10.5 Å². The van der Waals surface area contributed by atoms with Gasteiger partial charge in [-0.3, -0.25) is 0 Å². The van der Waals surface area contributed by atoms with Gasteiger partial charge in [-0.25, -0.2) is 0 Å². The third-order valence-electron chi connectivity index (χ3n) is 2.52. The van der Waals surface area contributed by atoms with Gasteiger partial charge in [0.15, 0.2) is 0 Å². The van der Waals surface area contributed by atoms with Crippen LogP contribution in [-0.4, -0.2) is 17.9 Å². The van der Waals surface area contributed by atoms with Crippen LogP contribution in [-0.2, 0) is 0 Å². The molecule has 0 aliphatic carbocycles. The third-order valence-corrected chi connectivity index (χ3v) is 3.24. The predicted molar refractivity (Wildman–Crippen MR) is 79.5 cm³/mol. The van der Waals surface area contributed by atoms with Crippen molar-refractivity contribution in [2.24, 2.45) is 5.73 Å². The summed E-state index contributed by atoms with van der Waals surface area (Å²) in [4.78, 5) is 0. The lowest BCUT2D eigenvalue weighted by molar-refractivity contribution is 0.298.